The van der Waals surface area contributed by atoms with Crippen LogP contribution >= 0.6 is 11.6 Å². The Balaban J connectivity index is 2.10. The van der Waals surface area contributed by atoms with Gasteiger partial charge in [0.1, 0.15) is 23.9 Å². The third kappa shape index (κ3) is 2.89. The van der Waals surface area contributed by atoms with E-state index in [4.69, 9.17) is 16.0 Å². The van der Waals surface area contributed by atoms with Crippen molar-refractivity contribution in [2.24, 2.45) is 0 Å². The maximum absolute atomic E-state index is 12.6. The third-order valence-electron chi connectivity index (χ3n) is 2.27. The number of carbonyl (C=O) groups excluding carboxylic acids is 1. The Morgan fingerprint density at radius 2 is 2.39 bits per heavy atom. The molecule has 1 unspecified atom stereocenters. The van der Waals surface area contributed by atoms with Crippen LogP contribution in [0, 0.1) is 6.92 Å². The molecule has 1 N–H and O–H groups in total. The van der Waals surface area contributed by atoms with Crippen molar-refractivity contribution < 1.29 is 13.6 Å². The molecule has 0 spiro atoms. The first kappa shape index (κ1) is 12.6. The molecule has 0 aliphatic rings. The highest BCUT2D eigenvalue weighted by molar-refractivity contribution is 6.31. The minimum Gasteiger partial charge on any atom is -0.464 e. The third-order valence-corrected chi connectivity index (χ3v) is 2.47. The average molecular weight is 272 g/mol. The molecule has 0 fully saturated rings. The summed E-state index contributed by atoms with van der Waals surface area (Å²) in [6.45, 7) is 2.17. The second-order valence-electron chi connectivity index (χ2n) is 3.68. The second-order valence-corrected chi connectivity index (χ2v) is 4.06. The molecule has 0 saturated heterocycles. The van der Waals surface area contributed by atoms with E-state index < -0.39 is 11.5 Å². The molecule has 0 aromatic carbocycles. The molecule has 96 valence electrons. The fourth-order valence-corrected chi connectivity index (χ4v) is 1.52. The summed E-state index contributed by atoms with van der Waals surface area (Å²) in [6, 6.07) is 5.18. The molecular weight excluding hydrogens is 261 g/mol. The molecule has 0 bridgehead atoms. The van der Waals surface area contributed by atoms with Crippen molar-refractivity contribution in [3.05, 3.63) is 35.9 Å². The minimum absolute atomic E-state index is 0.343. The Morgan fingerprint density at radius 1 is 1.61 bits per heavy atom. The number of carbonyl (C=O) groups is 1. The molecule has 2 heterocycles. The van der Waals surface area contributed by atoms with Gasteiger partial charge in [-0.05, 0) is 19.1 Å². The normalized spacial score (nSPS) is 12.4. The first-order chi connectivity index (χ1) is 8.56. The summed E-state index contributed by atoms with van der Waals surface area (Å²) in [4.78, 5) is 11.1. The Bertz CT molecular complexity index is 550. The van der Waals surface area contributed by atoms with Crippen LogP contribution in [0.25, 0.3) is 0 Å². The standard InChI is InChI=1S/C11H11ClFN3O2/c1-7-2-3-8(18-7)6-16-9(4-5-14-16)15-11(17)10(12)13/h2-5,10H,6H2,1H3,(H,15,17). The van der Waals surface area contributed by atoms with Gasteiger partial charge < -0.3 is 9.73 Å². The molecule has 0 radical (unpaired) electrons. The van der Waals surface area contributed by atoms with Crippen LogP contribution in [0.3, 0.4) is 0 Å². The highest BCUT2D eigenvalue weighted by Crippen LogP contribution is 2.13. The number of rotatable bonds is 4. The van der Waals surface area contributed by atoms with Gasteiger partial charge in [-0.3, -0.25) is 4.79 Å². The van der Waals surface area contributed by atoms with Gasteiger partial charge in [0.25, 0.3) is 11.5 Å². The van der Waals surface area contributed by atoms with E-state index in [1.54, 1.807) is 6.07 Å². The highest BCUT2D eigenvalue weighted by atomic mass is 35.5. The van der Waals surface area contributed by atoms with E-state index in [1.165, 1.54) is 10.9 Å². The van der Waals surface area contributed by atoms with E-state index in [2.05, 4.69) is 10.4 Å². The second kappa shape index (κ2) is 5.22. The molecule has 5 nitrogen and oxygen atoms in total. The van der Waals surface area contributed by atoms with Crippen LogP contribution < -0.4 is 5.32 Å². The molecule has 1 atom stereocenters. The molecule has 2 aromatic rings. The summed E-state index contributed by atoms with van der Waals surface area (Å²) in [6.07, 6.45) is 1.49. The maximum atomic E-state index is 12.6. The van der Waals surface area contributed by atoms with E-state index in [1.807, 2.05) is 19.1 Å². The van der Waals surface area contributed by atoms with Crippen molar-refractivity contribution in [1.29, 1.82) is 0 Å². The molecule has 18 heavy (non-hydrogen) atoms. The molecule has 0 aliphatic heterocycles. The molecule has 1 amide bonds. The van der Waals surface area contributed by atoms with Crippen molar-refractivity contribution in [3.8, 4) is 0 Å². The topological polar surface area (TPSA) is 60.1 Å². The lowest BCUT2D eigenvalue weighted by Gasteiger charge is -2.07. The van der Waals surface area contributed by atoms with Gasteiger partial charge in [0.05, 0.1) is 6.20 Å². The zero-order valence-electron chi connectivity index (χ0n) is 9.56. The van der Waals surface area contributed by atoms with Gasteiger partial charge in [0.2, 0.25) is 0 Å². The summed E-state index contributed by atoms with van der Waals surface area (Å²) in [5, 5.41) is 6.34. The minimum atomic E-state index is -2.08. The molecule has 2 aromatic heterocycles. The van der Waals surface area contributed by atoms with Crippen LogP contribution in [0.1, 0.15) is 11.5 Å². The fraction of sp³-hybridized carbons (Fsp3) is 0.273. The lowest BCUT2D eigenvalue weighted by molar-refractivity contribution is -0.118. The number of aryl methyl sites for hydroxylation is 1. The number of hydrogen-bond acceptors (Lipinski definition) is 3. The maximum Gasteiger partial charge on any atom is 0.275 e. The van der Waals surface area contributed by atoms with E-state index in [-0.39, 0.29) is 0 Å². The zero-order valence-corrected chi connectivity index (χ0v) is 10.3. The largest absolute Gasteiger partial charge is 0.464 e. The summed E-state index contributed by atoms with van der Waals surface area (Å²) in [5.41, 5.74) is -2.08. The van der Waals surface area contributed by atoms with Gasteiger partial charge in [-0.15, -0.1) is 0 Å². The molecule has 2 rings (SSSR count). The summed E-state index contributed by atoms with van der Waals surface area (Å²) in [5.74, 6) is 0.910. The van der Waals surface area contributed by atoms with E-state index in [9.17, 15) is 9.18 Å². The highest BCUT2D eigenvalue weighted by Gasteiger charge is 2.15. The molecular formula is C11H11ClFN3O2. The summed E-state index contributed by atoms with van der Waals surface area (Å²) >= 11 is 5.03. The quantitative estimate of drug-likeness (QED) is 0.868. The van der Waals surface area contributed by atoms with Gasteiger partial charge in [0, 0.05) is 6.07 Å². The first-order valence-corrected chi connectivity index (χ1v) is 5.66. The SMILES string of the molecule is Cc1ccc(Cn2nccc2NC(=O)C(F)Cl)o1. The molecule has 0 saturated carbocycles. The van der Waals surface area contributed by atoms with Gasteiger partial charge in [-0.25, -0.2) is 9.07 Å². The predicted molar refractivity (Wildman–Crippen MR) is 64.2 cm³/mol. The lowest BCUT2D eigenvalue weighted by Crippen LogP contribution is -2.21. The zero-order chi connectivity index (χ0) is 13.1. The van der Waals surface area contributed by atoms with Crippen LogP contribution in [-0.4, -0.2) is 21.3 Å². The van der Waals surface area contributed by atoms with Gasteiger partial charge in [-0.2, -0.15) is 5.10 Å². The van der Waals surface area contributed by atoms with Crippen molar-refractivity contribution in [3.63, 3.8) is 0 Å². The number of furan rings is 1. The number of aromatic nitrogens is 2. The number of nitrogens with one attached hydrogen (secondary N) is 1. The number of amides is 1. The first-order valence-electron chi connectivity index (χ1n) is 5.22. The Morgan fingerprint density at radius 3 is 3.00 bits per heavy atom. The number of alkyl halides is 2. The molecule has 0 aliphatic carbocycles. The Kier molecular flexibility index (Phi) is 3.66. The van der Waals surface area contributed by atoms with Crippen LogP contribution in [-0.2, 0) is 11.3 Å². The van der Waals surface area contributed by atoms with Crippen molar-refractivity contribution >= 4 is 23.3 Å². The Labute approximate surface area is 108 Å². The smallest absolute Gasteiger partial charge is 0.275 e. The van der Waals surface area contributed by atoms with Crippen molar-refractivity contribution in [2.45, 2.75) is 19.1 Å². The molecule has 7 heteroatoms. The monoisotopic (exact) mass is 271 g/mol. The lowest BCUT2D eigenvalue weighted by atomic mass is 10.4. The van der Waals surface area contributed by atoms with Gasteiger partial charge in [-0.1, -0.05) is 11.6 Å². The van der Waals surface area contributed by atoms with Crippen molar-refractivity contribution in [2.75, 3.05) is 5.32 Å². The van der Waals surface area contributed by atoms with Crippen LogP contribution in [0.4, 0.5) is 10.2 Å². The van der Waals surface area contributed by atoms with Crippen molar-refractivity contribution in [1.82, 2.24) is 9.78 Å². The number of anilines is 1. The average Bonchev–Trinajstić information content (AvgIpc) is 2.89. The number of halogens is 2. The van der Waals surface area contributed by atoms with Gasteiger partial charge >= 0.3 is 0 Å². The van der Waals surface area contributed by atoms with Crippen LogP contribution in [0.2, 0.25) is 0 Å². The number of hydrogen-bond donors (Lipinski definition) is 1. The predicted octanol–water partition coefficient (Wildman–Crippen LogP) is 2.31. The Hall–Kier alpha value is -1.82. The van der Waals surface area contributed by atoms with E-state index in [0.29, 0.717) is 18.1 Å². The van der Waals surface area contributed by atoms with Crippen LogP contribution in [0.15, 0.2) is 28.8 Å². The van der Waals surface area contributed by atoms with E-state index >= 15 is 0 Å². The summed E-state index contributed by atoms with van der Waals surface area (Å²) < 4.78 is 19.4. The van der Waals surface area contributed by atoms with Gasteiger partial charge in [0.15, 0.2) is 0 Å². The fourth-order valence-electron chi connectivity index (χ4n) is 1.46. The van der Waals surface area contributed by atoms with Crippen LogP contribution in [0.5, 0.6) is 0 Å². The number of nitrogens with zero attached hydrogens (tertiary/aromatic N) is 2. The van der Waals surface area contributed by atoms with E-state index in [0.717, 1.165) is 5.76 Å². The summed E-state index contributed by atoms with van der Waals surface area (Å²) in [7, 11) is 0.